The molecular weight excluding hydrogens is 276 g/mol. The van der Waals surface area contributed by atoms with Gasteiger partial charge in [0.1, 0.15) is 0 Å². The molecule has 2 rings (SSSR count). The zero-order valence-corrected chi connectivity index (χ0v) is 12.0. The second-order valence-corrected chi connectivity index (χ2v) is 4.91. The number of aryl methyl sites for hydroxylation is 1. The molecule has 0 saturated carbocycles. The highest BCUT2D eigenvalue weighted by Gasteiger charge is 2.10. The number of amides is 2. The molecule has 0 unspecified atom stereocenters. The first-order chi connectivity index (χ1) is 9.61. The van der Waals surface area contributed by atoms with Crippen LogP contribution in [0.3, 0.4) is 0 Å². The van der Waals surface area contributed by atoms with Crippen molar-refractivity contribution in [3.63, 3.8) is 0 Å². The van der Waals surface area contributed by atoms with Crippen LogP contribution in [0, 0.1) is 6.92 Å². The van der Waals surface area contributed by atoms with Crippen molar-refractivity contribution in [1.29, 1.82) is 0 Å². The number of hydrogen-bond acceptors (Lipinski definition) is 5. The second kappa shape index (κ2) is 6.25. The molecule has 0 aliphatic carbocycles. The predicted octanol–water partition coefficient (Wildman–Crippen LogP) is 0.989. The summed E-state index contributed by atoms with van der Waals surface area (Å²) in [4.78, 5) is 32.2. The van der Waals surface area contributed by atoms with Crippen LogP contribution in [0.4, 0.5) is 0 Å². The number of pyridine rings is 1. The number of likely N-dealkylation sites (N-methyl/N-ethyl adjacent to an activating group) is 1. The second-order valence-electron chi connectivity index (χ2n) is 4.05. The number of carbonyl (C=O) groups excluding carboxylic acids is 2. The van der Waals surface area contributed by atoms with E-state index < -0.39 is 0 Å². The van der Waals surface area contributed by atoms with Crippen LogP contribution in [0.2, 0.25) is 0 Å². The Bertz CT molecular complexity index is 622. The van der Waals surface area contributed by atoms with Gasteiger partial charge in [-0.2, -0.15) is 0 Å². The van der Waals surface area contributed by atoms with Gasteiger partial charge in [0.15, 0.2) is 0 Å². The fraction of sp³-hybridized carbons (Fsp3) is 0.231. The molecule has 0 aliphatic heterocycles. The van der Waals surface area contributed by atoms with Crippen molar-refractivity contribution in [2.75, 3.05) is 13.6 Å². The van der Waals surface area contributed by atoms with Gasteiger partial charge in [-0.25, -0.2) is 4.98 Å². The molecule has 2 aromatic rings. The average Bonchev–Trinajstić information content (AvgIpc) is 2.90. The lowest BCUT2D eigenvalue weighted by atomic mass is 10.2. The third-order valence-electron chi connectivity index (χ3n) is 2.69. The molecule has 0 bridgehead atoms. The lowest BCUT2D eigenvalue weighted by Gasteiger charge is -2.04. The van der Waals surface area contributed by atoms with Crippen LogP contribution in [-0.4, -0.2) is 35.4 Å². The largest absolute Gasteiger partial charge is 0.358 e. The Kier molecular flexibility index (Phi) is 4.41. The highest BCUT2D eigenvalue weighted by Crippen LogP contribution is 2.24. The molecule has 0 radical (unpaired) electrons. The quantitative estimate of drug-likeness (QED) is 0.879. The molecule has 2 amide bonds. The zero-order valence-electron chi connectivity index (χ0n) is 11.1. The Labute approximate surface area is 120 Å². The van der Waals surface area contributed by atoms with Crippen LogP contribution in [0.1, 0.15) is 16.1 Å². The smallest absolute Gasteiger partial charge is 0.253 e. The highest BCUT2D eigenvalue weighted by atomic mass is 32.1. The maximum absolute atomic E-state index is 11.8. The minimum Gasteiger partial charge on any atom is -0.358 e. The number of rotatable bonds is 4. The summed E-state index contributed by atoms with van der Waals surface area (Å²) in [5, 5.41) is 4.95. The number of aromatic nitrogens is 2. The van der Waals surface area contributed by atoms with Crippen LogP contribution in [0.25, 0.3) is 10.6 Å². The molecule has 2 aromatic heterocycles. The van der Waals surface area contributed by atoms with E-state index in [4.69, 9.17) is 0 Å². The number of nitrogens with zero attached hydrogens (tertiary/aromatic N) is 2. The average molecular weight is 290 g/mol. The molecule has 20 heavy (non-hydrogen) atoms. The topological polar surface area (TPSA) is 84.0 Å². The number of hydrogen-bond donors (Lipinski definition) is 2. The molecule has 7 heteroatoms. The lowest BCUT2D eigenvalue weighted by molar-refractivity contribution is -0.119. The van der Waals surface area contributed by atoms with Crippen LogP contribution >= 0.6 is 11.3 Å². The molecule has 0 saturated heterocycles. The summed E-state index contributed by atoms with van der Waals surface area (Å²) in [6, 6.07) is 3.45. The van der Waals surface area contributed by atoms with Crippen molar-refractivity contribution in [3.8, 4) is 10.6 Å². The van der Waals surface area contributed by atoms with Gasteiger partial charge in [-0.05, 0) is 19.1 Å². The van der Waals surface area contributed by atoms with Crippen LogP contribution < -0.4 is 10.6 Å². The van der Waals surface area contributed by atoms with E-state index in [0.717, 1.165) is 16.3 Å². The first-order valence-corrected chi connectivity index (χ1v) is 6.85. The van der Waals surface area contributed by atoms with Crippen molar-refractivity contribution in [3.05, 3.63) is 35.1 Å². The Balaban J connectivity index is 2.07. The summed E-state index contributed by atoms with van der Waals surface area (Å²) >= 11 is 1.51. The third-order valence-corrected chi connectivity index (χ3v) is 3.64. The minimum atomic E-state index is -0.325. The predicted molar refractivity (Wildman–Crippen MR) is 76.5 cm³/mol. The van der Waals surface area contributed by atoms with Gasteiger partial charge in [-0.15, -0.1) is 11.3 Å². The van der Waals surface area contributed by atoms with Crippen molar-refractivity contribution < 1.29 is 9.59 Å². The van der Waals surface area contributed by atoms with E-state index in [0.29, 0.717) is 5.56 Å². The van der Waals surface area contributed by atoms with Crippen LogP contribution in [-0.2, 0) is 4.79 Å². The normalized spacial score (nSPS) is 10.1. The van der Waals surface area contributed by atoms with E-state index in [9.17, 15) is 9.59 Å². The maximum atomic E-state index is 11.8. The molecular formula is C13H14N4O2S. The lowest BCUT2D eigenvalue weighted by Crippen LogP contribution is -2.35. The minimum absolute atomic E-state index is 0.0506. The molecule has 0 aliphatic rings. The highest BCUT2D eigenvalue weighted by molar-refractivity contribution is 7.13. The van der Waals surface area contributed by atoms with Crippen molar-refractivity contribution >= 4 is 23.2 Å². The summed E-state index contributed by atoms with van der Waals surface area (Å²) in [6.07, 6.45) is 1.49. The van der Waals surface area contributed by atoms with Gasteiger partial charge in [0, 0.05) is 13.2 Å². The summed E-state index contributed by atoms with van der Waals surface area (Å²) in [6.45, 7) is 1.86. The van der Waals surface area contributed by atoms with E-state index in [2.05, 4.69) is 20.6 Å². The number of thiazole rings is 1. The standard InChI is InChI=1S/C13H14N4O2S/c1-8-12(20-7-17-8)10-4-3-9(5-15-10)13(19)16-6-11(18)14-2/h3-5,7H,6H2,1-2H3,(H,14,18)(H,16,19). The first kappa shape index (κ1) is 14.1. The van der Waals surface area contributed by atoms with Crippen molar-refractivity contribution in [1.82, 2.24) is 20.6 Å². The molecule has 0 atom stereocenters. The van der Waals surface area contributed by atoms with Gasteiger partial charge >= 0.3 is 0 Å². The summed E-state index contributed by atoms with van der Waals surface area (Å²) in [7, 11) is 1.52. The monoisotopic (exact) mass is 290 g/mol. The fourth-order valence-electron chi connectivity index (χ4n) is 1.56. The first-order valence-electron chi connectivity index (χ1n) is 5.97. The summed E-state index contributed by atoms with van der Waals surface area (Å²) in [5.74, 6) is -0.572. The maximum Gasteiger partial charge on any atom is 0.253 e. The van der Waals surface area contributed by atoms with E-state index in [-0.39, 0.29) is 18.4 Å². The van der Waals surface area contributed by atoms with Gasteiger partial charge in [0.05, 0.1) is 33.9 Å². The Hall–Kier alpha value is -2.28. The number of carbonyl (C=O) groups is 2. The molecule has 0 spiro atoms. The van der Waals surface area contributed by atoms with Gasteiger partial charge in [-0.3, -0.25) is 14.6 Å². The zero-order chi connectivity index (χ0) is 14.5. The molecule has 2 N–H and O–H groups in total. The van der Waals surface area contributed by atoms with Gasteiger partial charge in [0.2, 0.25) is 5.91 Å². The van der Waals surface area contributed by atoms with Gasteiger partial charge < -0.3 is 10.6 Å². The Morgan fingerprint density at radius 1 is 1.30 bits per heavy atom. The van der Waals surface area contributed by atoms with Crippen molar-refractivity contribution in [2.45, 2.75) is 6.92 Å². The van der Waals surface area contributed by atoms with Gasteiger partial charge in [0.25, 0.3) is 5.91 Å². The molecule has 0 fully saturated rings. The van der Waals surface area contributed by atoms with E-state index in [1.165, 1.54) is 24.6 Å². The SMILES string of the molecule is CNC(=O)CNC(=O)c1ccc(-c2scnc2C)nc1. The van der Waals surface area contributed by atoms with E-state index in [1.54, 1.807) is 17.6 Å². The summed E-state index contributed by atoms with van der Waals surface area (Å²) < 4.78 is 0. The van der Waals surface area contributed by atoms with E-state index >= 15 is 0 Å². The van der Waals surface area contributed by atoms with E-state index in [1.807, 2.05) is 6.92 Å². The van der Waals surface area contributed by atoms with Crippen molar-refractivity contribution in [2.24, 2.45) is 0 Å². The molecule has 6 nitrogen and oxygen atoms in total. The van der Waals surface area contributed by atoms with Crippen LogP contribution in [0.5, 0.6) is 0 Å². The Morgan fingerprint density at radius 2 is 2.10 bits per heavy atom. The molecule has 0 aromatic carbocycles. The van der Waals surface area contributed by atoms with Gasteiger partial charge in [-0.1, -0.05) is 0 Å². The fourth-order valence-corrected chi connectivity index (χ4v) is 2.34. The Morgan fingerprint density at radius 3 is 2.65 bits per heavy atom. The third kappa shape index (κ3) is 3.18. The summed E-state index contributed by atoms with van der Waals surface area (Å²) in [5.41, 5.74) is 3.88. The number of nitrogens with one attached hydrogen (secondary N) is 2. The molecule has 2 heterocycles. The molecule has 104 valence electrons. The van der Waals surface area contributed by atoms with Crippen LogP contribution in [0.15, 0.2) is 23.8 Å².